The van der Waals surface area contributed by atoms with Crippen molar-refractivity contribution in [2.75, 3.05) is 32.8 Å². The summed E-state index contributed by atoms with van der Waals surface area (Å²) in [7, 11) is 0. The Labute approximate surface area is 117 Å². The van der Waals surface area contributed by atoms with Crippen LogP contribution in [0.15, 0.2) is 0 Å². The van der Waals surface area contributed by atoms with Crippen LogP contribution in [-0.2, 0) is 9.47 Å². The first kappa shape index (κ1) is 15.2. The molecule has 0 spiro atoms. The van der Waals surface area contributed by atoms with E-state index in [1.807, 2.05) is 0 Å². The lowest BCUT2D eigenvalue weighted by Crippen LogP contribution is -2.67. The van der Waals surface area contributed by atoms with Gasteiger partial charge in [0.05, 0.1) is 17.8 Å². The standard InChI is InChI=1S/C15H30N2O2/c1-13(2)10-17(11-14(3,4)19-13)15(5,9-16)12-6-7-18-8-12/h12H,6-11,16H2,1-5H3. The Morgan fingerprint density at radius 2 is 1.79 bits per heavy atom. The third kappa shape index (κ3) is 3.13. The van der Waals surface area contributed by atoms with Crippen LogP contribution in [0.2, 0.25) is 0 Å². The molecule has 2 rings (SSSR count). The van der Waals surface area contributed by atoms with Crippen molar-refractivity contribution >= 4 is 0 Å². The first-order valence-electron chi connectivity index (χ1n) is 7.42. The fourth-order valence-electron chi connectivity index (χ4n) is 3.73. The molecule has 0 aromatic carbocycles. The van der Waals surface area contributed by atoms with Gasteiger partial charge in [-0.05, 0) is 41.0 Å². The van der Waals surface area contributed by atoms with Gasteiger partial charge in [-0.1, -0.05) is 0 Å². The van der Waals surface area contributed by atoms with Gasteiger partial charge in [0, 0.05) is 37.7 Å². The van der Waals surface area contributed by atoms with Crippen molar-refractivity contribution in [3.8, 4) is 0 Å². The monoisotopic (exact) mass is 270 g/mol. The highest BCUT2D eigenvalue weighted by Crippen LogP contribution is 2.37. The molecule has 0 bridgehead atoms. The number of hydrogen-bond acceptors (Lipinski definition) is 4. The van der Waals surface area contributed by atoms with Gasteiger partial charge in [-0.15, -0.1) is 0 Å². The molecule has 2 unspecified atom stereocenters. The van der Waals surface area contributed by atoms with E-state index in [4.69, 9.17) is 15.2 Å². The quantitative estimate of drug-likeness (QED) is 0.847. The molecule has 2 aliphatic heterocycles. The molecule has 0 aliphatic carbocycles. The average Bonchev–Trinajstić information content (AvgIpc) is 2.77. The molecule has 2 aliphatic rings. The molecule has 0 aromatic heterocycles. The van der Waals surface area contributed by atoms with E-state index < -0.39 is 0 Å². The SMILES string of the molecule is CC1(C)CN(C(C)(CN)C2CCOC2)CC(C)(C)O1. The summed E-state index contributed by atoms with van der Waals surface area (Å²) in [5.74, 6) is 0.530. The van der Waals surface area contributed by atoms with Crippen molar-refractivity contribution in [2.45, 2.75) is 57.8 Å². The predicted octanol–water partition coefficient (Wildman–Crippen LogP) is 1.63. The Morgan fingerprint density at radius 1 is 1.21 bits per heavy atom. The number of hydrogen-bond donors (Lipinski definition) is 1. The second-order valence-electron chi connectivity index (χ2n) is 7.60. The van der Waals surface area contributed by atoms with Crippen LogP contribution >= 0.6 is 0 Å². The molecule has 112 valence electrons. The molecule has 0 amide bonds. The number of rotatable bonds is 3. The molecule has 0 saturated carbocycles. The Kier molecular flexibility index (Phi) is 4.00. The minimum Gasteiger partial charge on any atom is -0.381 e. The summed E-state index contributed by atoms with van der Waals surface area (Å²) >= 11 is 0. The van der Waals surface area contributed by atoms with Crippen LogP contribution in [0.5, 0.6) is 0 Å². The van der Waals surface area contributed by atoms with Crippen LogP contribution in [-0.4, -0.2) is 54.5 Å². The molecule has 4 nitrogen and oxygen atoms in total. The Morgan fingerprint density at radius 3 is 2.21 bits per heavy atom. The lowest BCUT2D eigenvalue weighted by atomic mass is 9.80. The third-order valence-corrected chi connectivity index (χ3v) is 4.64. The zero-order chi connectivity index (χ0) is 14.3. The molecule has 2 saturated heterocycles. The van der Waals surface area contributed by atoms with Crippen LogP contribution in [0.25, 0.3) is 0 Å². The van der Waals surface area contributed by atoms with E-state index in [0.717, 1.165) is 32.7 Å². The molecule has 2 atom stereocenters. The van der Waals surface area contributed by atoms with Gasteiger partial charge in [0.25, 0.3) is 0 Å². The van der Waals surface area contributed by atoms with Crippen LogP contribution in [0, 0.1) is 5.92 Å². The maximum absolute atomic E-state index is 6.18. The number of nitrogens with zero attached hydrogens (tertiary/aromatic N) is 1. The average molecular weight is 270 g/mol. The summed E-state index contributed by atoms with van der Waals surface area (Å²) in [6.07, 6.45) is 1.12. The fourth-order valence-corrected chi connectivity index (χ4v) is 3.73. The summed E-state index contributed by atoms with van der Waals surface area (Å²) < 4.78 is 11.8. The van der Waals surface area contributed by atoms with E-state index in [1.165, 1.54) is 0 Å². The van der Waals surface area contributed by atoms with E-state index in [9.17, 15) is 0 Å². The van der Waals surface area contributed by atoms with E-state index in [2.05, 4.69) is 39.5 Å². The highest BCUT2D eigenvalue weighted by atomic mass is 16.5. The molecule has 0 aromatic rings. The zero-order valence-corrected chi connectivity index (χ0v) is 13.2. The van der Waals surface area contributed by atoms with E-state index >= 15 is 0 Å². The number of nitrogens with two attached hydrogens (primary N) is 1. The van der Waals surface area contributed by atoms with Crippen LogP contribution < -0.4 is 5.73 Å². The van der Waals surface area contributed by atoms with Gasteiger partial charge in [-0.25, -0.2) is 0 Å². The summed E-state index contributed by atoms with van der Waals surface area (Å²) in [5.41, 5.74) is 5.91. The van der Waals surface area contributed by atoms with Crippen molar-refractivity contribution in [3.63, 3.8) is 0 Å². The third-order valence-electron chi connectivity index (χ3n) is 4.64. The maximum atomic E-state index is 6.18. The second-order valence-corrected chi connectivity index (χ2v) is 7.60. The topological polar surface area (TPSA) is 47.7 Å². The molecule has 2 heterocycles. The lowest BCUT2D eigenvalue weighted by Gasteiger charge is -2.55. The van der Waals surface area contributed by atoms with Gasteiger partial charge >= 0.3 is 0 Å². The first-order chi connectivity index (χ1) is 8.69. The maximum Gasteiger partial charge on any atom is 0.0761 e. The molecular formula is C15H30N2O2. The Hall–Kier alpha value is -0.160. The largest absolute Gasteiger partial charge is 0.381 e. The predicted molar refractivity (Wildman–Crippen MR) is 77.2 cm³/mol. The number of morpholine rings is 1. The highest BCUT2D eigenvalue weighted by molar-refractivity contribution is 5.01. The minimum absolute atomic E-state index is 0.00875. The molecule has 4 heteroatoms. The van der Waals surface area contributed by atoms with Crippen LogP contribution in [0.4, 0.5) is 0 Å². The molecule has 2 N–H and O–H groups in total. The fraction of sp³-hybridized carbons (Fsp3) is 1.00. The summed E-state index contributed by atoms with van der Waals surface area (Å²) in [6.45, 7) is 15.2. The van der Waals surface area contributed by atoms with Crippen LogP contribution in [0.1, 0.15) is 41.0 Å². The summed E-state index contributed by atoms with van der Waals surface area (Å²) in [5, 5.41) is 0. The van der Waals surface area contributed by atoms with Crippen molar-refractivity contribution < 1.29 is 9.47 Å². The van der Waals surface area contributed by atoms with Crippen molar-refractivity contribution in [1.82, 2.24) is 4.90 Å². The normalized spacial score (nSPS) is 34.1. The van der Waals surface area contributed by atoms with Gasteiger partial charge < -0.3 is 15.2 Å². The minimum atomic E-state index is -0.127. The second kappa shape index (κ2) is 4.99. The van der Waals surface area contributed by atoms with Crippen molar-refractivity contribution in [1.29, 1.82) is 0 Å². The van der Waals surface area contributed by atoms with Gasteiger partial charge in [-0.2, -0.15) is 0 Å². The van der Waals surface area contributed by atoms with Gasteiger partial charge in [0.15, 0.2) is 0 Å². The first-order valence-corrected chi connectivity index (χ1v) is 7.42. The van der Waals surface area contributed by atoms with E-state index in [1.54, 1.807) is 0 Å². The Bertz CT molecular complexity index is 308. The molecule has 2 fully saturated rings. The molecule has 19 heavy (non-hydrogen) atoms. The summed E-state index contributed by atoms with van der Waals surface area (Å²) in [4.78, 5) is 2.54. The van der Waals surface area contributed by atoms with Gasteiger partial charge in [0.1, 0.15) is 0 Å². The highest BCUT2D eigenvalue weighted by Gasteiger charge is 2.48. The molecular weight excluding hydrogens is 240 g/mol. The smallest absolute Gasteiger partial charge is 0.0761 e. The van der Waals surface area contributed by atoms with E-state index in [0.29, 0.717) is 12.5 Å². The van der Waals surface area contributed by atoms with E-state index in [-0.39, 0.29) is 16.7 Å². The number of ether oxygens (including phenoxy) is 2. The van der Waals surface area contributed by atoms with Gasteiger partial charge in [-0.3, -0.25) is 4.90 Å². The molecule has 0 radical (unpaired) electrons. The van der Waals surface area contributed by atoms with Crippen molar-refractivity contribution in [3.05, 3.63) is 0 Å². The Balaban J connectivity index is 2.21. The van der Waals surface area contributed by atoms with Crippen LogP contribution in [0.3, 0.4) is 0 Å². The lowest BCUT2D eigenvalue weighted by molar-refractivity contribution is -0.202. The van der Waals surface area contributed by atoms with Crippen molar-refractivity contribution in [2.24, 2.45) is 11.7 Å². The summed E-state index contributed by atoms with van der Waals surface area (Å²) in [6, 6.07) is 0. The zero-order valence-electron chi connectivity index (χ0n) is 13.2. The van der Waals surface area contributed by atoms with Gasteiger partial charge in [0.2, 0.25) is 0 Å².